The molecule has 3 N–H and O–H groups in total. The van der Waals surface area contributed by atoms with E-state index in [-0.39, 0.29) is 17.2 Å². The molecule has 7 heteroatoms. The maximum absolute atomic E-state index is 12.2. The van der Waals surface area contributed by atoms with Crippen molar-refractivity contribution in [2.45, 2.75) is 0 Å². The number of phenols is 1. The highest BCUT2D eigenvalue weighted by Crippen LogP contribution is 2.28. The molecule has 0 aliphatic rings. The summed E-state index contributed by atoms with van der Waals surface area (Å²) in [5.41, 5.74) is 0.766. The molecular formula is C21H18N2O5. The van der Waals surface area contributed by atoms with Gasteiger partial charge in [-0.2, -0.15) is 0 Å². The number of carbonyl (C=O) groups is 3. The van der Waals surface area contributed by atoms with Crippen molar-refractivity contribution in [3.05, 3.63) is 71.8 Å². The molecule has 0 fully saturated rings. The van der Waals surface area contributed by atoms with Gasteiger partial charge in [-0.25, -0.2) is 4.79 Å². The number of ether oxygens (including phenoxy) is 1. The van der Waals surface area contributed by atoms with Gasteiger partial charge in [-0.3, -0.25) is 9.59 Å². The third-order valence-corrected chi connectivity index (χ3v) is 4.09. The predicted molar refractivity (Wildman–Crippen MR) is 104 cm³/mol. The molecule has 3 aromatic carbocycles. The van der Waals surface area contributed by atoms with Gasteiger partial charge in [-0.1, -0.05) is 36.4 Å². The van der Waals surface area contributed by atoms with Crippen molar-refractivity contribution in [2.75, 3.05) is 19.0 Å². The number of carbonyl (C=O) groups excluding carboxylic acids is 3. The number of hydrogen-bond acceptors (Lipinski definition) is 5. The van der Waals surface area contributed by atoms with Gasteiger partial charge in [-0.15, -0.1) is 0 Å². The Bertz CT molecular complexity index is 1060. The van der Waals surface area contributed by atoms with E-state index >= 15 is 0 Å². The Labute approximate surface area is 160 Å². The summed E-state index contributed by atoms with van der Waals surface area (Å²) in [5.74, 6) is -1.85. The fourth-order valence-electron chi connectivity index (χ4n) is 2.71. The molecule has 0 saturated carbocycles. The van der Waals surface area contributed by atoms with Crippen LogP contribution < -0.4 is 10.6 Å². The minimum atomic E-state index is -0.808. The molecule has 7 nitrogen and oxygen atoms in total. The van der Waals surface area contributed by atoms with Gasteiger partial charge in [0.25, 0.3) is 11.8 Å². The van der Waals surface area contributed by atoms with Crippen LogP contribution in [0.1, 0.15) is 20.7 Å². The average molecular weight is 378 g/mol. The number of aromatic hydroxyl groups is 1. The van der Waals surface area contributed by atoms with Gasteiger partial charge in [0, 0.05) is 23.7 Å². The highest BCUT2D eigenvalue weighted by atomic mass is 16.5. The average Bonchev–Trinajstić information content (AvgIpc) is 2.72. The van der Waals surface area contributed by atoms with Crippen molar-refractivity contribution in [3.8, 4) is 5.75 Å². The lowest BCUT2D eigenvalue weighted by molar-refractivity contribution is -0.119. The molecular weight excluding hydrogens is 360 g/mol. The summed E-state index contributed by atoms with van der Waals surface area (Å²) in [4.78, 5) is 35.9. The van der Waals surface area contributed by atoms with Crippen LogP contribution in [0.5, 0.6) is 5.75 Å². The molecule has 0 saturated heterocycles. The molecule has 0 atom stereocenters. The van der Waals surface area contributed by atoms with Crippen LogP contribution in [-0.2, 0) is 9.53 Å². The third kappa shape index (κ3) is 4.09. The van der Waals surface area contributed by atoms with Crippen LogP contribution in [-0.4, -0.2) is 36.5 Å². The molecule has 3 aromatic rings. The van der Waals surface area contributed by atoms with Crippen LogP contribution in [0.2, 0.25) is 0 Å². The van der Waals surface area contributed by atoms with Crippen LogP contribution in [0.3, 0.4) is 0 Å². The summed E-state index contributed by atoms with van der Waals surface area (Å²) in [6, 6.07) is 16.6. The van der Waals surface area contributed by atoms with Gasteiger partial charge in [0.2, 0.25) is 0 Å². The number of nitrogens with one attached hydrogen (secondary N) is 2. The fourth-order valence-corrected chi connectivity index (χ4v) is 2.71. The van der Waals surface area contributed by atoms with Crippen LogP contribution in [0, 0.1) is 0 Å². The summed E-state index contributed by atoms with van der Waals surface area (Å²) in [6.45, 7) is -0.532. The third-order valence-electron chi connectivity index (χ3n) is 4.09. The van der Waals surface area contributed by atoms with Gasteiger partial charge in [0.1, 0.15) is 11.3 Å². The van der Waals surface area contributed by atoms with E-state index < -0.39 is 18.5 Å². The Morgan fingerprint density at radius 1 is 1.00 bits per heavy atom. The van der Waals surface area contributed by atoms with Crippen LogP contribution >= 0.6 is 0 Å². The van der Waals surface area contributed by atoms with E-state index in [4.69, 9.17) is 4.74 Å². The second-order valence-electron chi connectivity index (χ2n) is 5.97. The van der Waals surface area contributed by atoms with Gasteiger partial charge in [0.15, 0.2) is 6.61 Å². The Kier molecular flexibility index (Phi) is 5.55. The SMILES string of the molecule is CNC(=O)c1cccc(NC(=O)COC(=O)c2ccc3ccccc3c2O)c1. The quantitative estimate of drug-likeness (QED) is 0.592. The Morgan fingerprint density at radius 3 is 2.57 bits per heavy atom. The number of rotatable bonds is 5. The number of amides is 2. The first kappa shape index (κ1) is 18.9. The van der Waals surface area contributed by atoms with E-state index in [0.29, 0.717) is 16.6 Å². The molecule has 0 aromatic heterocycles. The van der Waals surface area contributed by atoms with E-state index in [1.807, 2.05) is 12.1 Å². The first-order valence-corrected chi connectivity index (χ1v) is 8.49. The van der Waals surface area contributed by atoms with E-state index in [0.717, 1.165) is 5.39 Å². The van der Waals surface area contributed by atoms with Crippen LogP contribution in [0.25, 0.3) is 10.8 Å². The topological polar surface area (TPSA) is 105 Å². The van der Waals surface area contributed by atoms with E-state index in [2.05, 4.69) is 10.6 Å². The summed E-state index contributed by atoms with van der Waals surface area (Å²) in [5, 5.41) is 16.6. The second-order valence-corrected chi connectivity index (χ2v) is 5.97. The second kappa shape index (κ2) is 8.22. The molecule has 0 radical (unpaired) electrons. The highest BCUT2D eigenvalue weighted by Gasteiger charge is 2.16. The van der Waals surface area contributed by atoms with Crippen molar-refractivity contribution in [3.63, 3.8) is 0 Å². The molecule has 142 valence electrons. The van der Waals surface area contributed by atoms with Crippen molar-refractivity contribution in [1.82, 2.24) is 5.32 Å². The standard InChI is InChI=1S/C21H18N2O5/c1-22-20(26)14-6-4-7-15(11-14)23-18(24)12-28-21(27)17-10-9-13-5-2-3-8-16(13)19(17)25/h2-11,25H,12H2,1H3,(H,22,26)(H,23,24). The lowest BCUT2D eigenvalue weighted by Crippen LogP contribution is -2.22. The number of anilines is 1. The normalized spacial score (nSPS) is 10.3. The largest absolute Gasteiger partial charge is 0.506 e. The van der Waals surface area contributed by atoms with Crippen molar-refractivity contribution in [1.29, 1.82) is 0 Å². The maximum atomic E-state index is 12.2. The van der Waals surface area contributed by atoms with E-state index in [1.165, 1.54) is 19.2 Å². The number of hydrogen-bond donors (Lipinski definition) is 3. The van der Waals surface area contributed by atoms with Crippen molar-refractivity contribution >= 4 is 34.2 Å². The van der Waals surface area contributed by atoms with Gasteiger partial charge in [-0.05, 0) is 29.7 Å². The first-order valence-electron chi connectivity index (χ1n) is 8.49. The summed E-state index contributed by atoms with van der Waals surface area (Å²) in [7, 11) is 1.51. The summed E-state index contributed by atoms with van der Waals surface area (Å²) >= 11 is 0. The van der Waals surface area contributed by atoms with E-state index in [9.17, 15) is 19.5 Å². The molecule has 0 spiro atoms. The lowest BCUT2D eigenvalue weighted by atomic mass is 10.1. The molecule has 0 heterocycles. The van der Waals surface area contributed by atoms with Crippen LogP contribution in [0.15, 0.2) is 60.7 Å². The van der Waals surface area contributed by atoms with Crippen molar-refractivity contribution in [2.24, 2.45) is 0 Å². The van der Waals surface area contributed by atoms with Crippen LogP contribution in [0.4, 0.5) is 5.69 Å². The number of phenolic OH excluding ortho intramolecular Hbond substituents is 1. The number of esters is 1. The molecule has 28 heavy (non-hydrogen) atoms. The molecule has 0 aliphatic carbocycles. The molecule has 0 bridgehead atoms. The molecule has 0 aliphatic heterocycles. The smallest absolute Gasteiger partial charge is 0.342 e. The summed E-state index contributed by atoms with van der Waals surface area (Å²) < 4.78 is 5.00. The maximum Gasteiger partial charge on any atom is 0.342 e. The molecule has 0 unspecified atom stereocenters. The Hall–Kier alpha value is -3.87. The zero-order chi connectivity index (χ0) is 20.1. The van der Waals surface area contributed by atoms with Gasteiger partial charge < -0.3 is 20.5 Å². The Balaban J connectivity index is 1.64. The number of benzene rings is 3. The first-order chi connectivity index (χ1) is 13.5. The Morgan fingerprint density at radius 2 is 1.79 bits per heavy atom. The zero-order valence-corrected chi connectivity index (χ0v) is 15.1. The minimum absolute atomic E-state index is 0.0203. The molecule has 2 amide bonds. The monoisotopic (exact) mass is 378 g/mol. The number of fused-ring (bicyclic) bond motifs is 1. The van der Waals surface area contributed by atoms with Gasteiger partial charge in [0.05, 0.1) is 0 Å². The van der Waals surface area contributed by atoms with Crippen molar-refractivity contribution < 1.29 is 24.2 Å². The minimum Gasteiger partial charge on any atom is -0.506 e. The summed E-state index contributed by atoms with van der Waals surface area (Å²) in [6.07, 6.45) is 0. The fraction of sp³-hybridized carbons (Fsp3) is 0.0952. The predicted octanol–water partition coefficient (Wildman–Crippen LogP) is 2.70. The van der Waals surface area contributed by atoms with Gasteiger partial charge >= 0.3 is 5.97 Å². The molecule has 3 rings (SSSR count). The lowest BCUT2D eigenvalue weighted by Gasteiger charge is -2.09. The van der Waals surface area contributed by atoms with E-state index in [1.54, 1.807) is 36.4 Å². The zero-order valence-electron chi connectivity index (χ0n) is 15.1. The highest BCUT2D eigenvalue weighted by molar-refractivity contribution is 6.02.